The van der Waals surface area contributed by atoms with Gasteiger partial charge in [-0.15, -0.1) is 10.2 Å². The molecule has 4 rings (SSSR count). The summed E-state index contributed by atoms with van der Waals surface area (Å²) >= 11 is 0. The van der Waals surface area contributed by atoms with Gasteiger partial charge in [-0.05, 0) is 38.8 Å². The number of ether oxygens (including phenoxy) is 1. The fourth-order valence-electron chi connectivity index (χ4n) is 4.47. The normalized spacial score (nSPS) is 25.2. The highest BCUT2D eigenvalue weighted by Gasteiger charge is 2.29. The zero-order valence-corrected chi connectivity index (χ0v) is 16.5. The second kappa shape index (κ2) is 8.67. The molecular weight excluding hydrogens is 344 g/mol. The smallest absolute Gasteiger partial charge is 0.236 e. The molecule has 0 unspecified atom stereocenters. The van der Waals surface area contributed by atoms with Crippen LogP contribution < -0.4 is 0 Å². The monoisotopic (exact) mass is 376 g/mol. The number of rotatable bonds is 5. The number of hydrogen-bond acceptors (Lipinski definition) is 6. The summed E-state index contributed by atoms with van der Waals surface area (Å²) in [6.07, 6.45) is 4.57. The van der Waals surface area contributed by atoms with Crippen LogP contribution in [0, 0.1) is 0 Å². The third-order valence-electron chi connectivity index (χ3n) is 6.16. The predicted molar refractivity (Wildman–Crippen MR) is 101 cm³/mol. The van der Waals surface area contributed by atoms with E-state index in [2.05, 4.69) is 31.6 Å². The van der Waals surface area contributed by atoms with Gasteiger partial charge in [0.1, 0.15) is 11.6 Å². The number of hydrogen-bond donors (Lipinski definition) is 0. The molecule has 1 atom stereocenters. The molecule has 0 radical (unpaired) electrons. The molecule has 8 heteroatoms. The van der Waals surface area contributed by atoms with Gasteiger partial charge in [0.05, 0.1) is 26.3 Å². The Morgan fingerprint density at radius 3 is 2.59 bits per heavy atom. The minimum atomic E-state index is 0.275. The molecule has 150 valence electrons. The Bertz CT molecular complexity index is 636. The SMILES string of the molecule is Cn1c(CN2CCOCC2)nnc1[C@@H]1CCCN(C(=O)CN2CCCC2)C1. The van der Waals surface area contributed by atoms with Gasteiger partial charge in [0.15, 0.2) is 0 Å². The maximum Gasteiger partial charge on any atom is 0.236 e. The van der Waals surface area contributed by atoms with Crippen molar-refractivity contribution in [2.45, 2.75) is 38.1 Å². The van der Waals surface area contributed by atoms with Gasteiger partial charge in [-0.25, -0.2) is 0 Å². The summed E-state index contributed by atoms with van der Waals surface area (Å²) in [5.41, 5.74) is 0. The maximum atomic E-state index is 12.7. The van der Waals surface area contributed by atoms with Crippen LogP contribution in [0.2, 0.25) is 0 Å². The van der Waals surface area contributed by atoms with Crippen molar-refractivity contribution in [2.24, 2.45) is 7.05 Å². The number of morpholine rings is 1. The molecule has 3 aliphatic rings. The Labute approximate surface area is 161 Å². The van der Waals surface area contributed by atoms with E-state index < -0.39 is 0 Å². The van der Waals surface area contributed by atoms with E-state index in [4.69, 9.17) is 4.74 Å². The lowest BCUT2D eigenvalue weighted by Gasteiger charge is -2.33. The maximum absolute atomic E-state index is 12.7. The summed E-state index contributed by atoms with van der Waals surface area (Å²) in [5.74, 6) is 2.60. The fraction of sp³-hybridized carbons (Fsp3) is 0.842. The molecule has 8 nitrogen and oxygen atoms in total. The van der Waals surface area contributed by atoms with Crippen molar-refractivity contribution in [2.75, 3.05) is 59.0 Å². The Hall–Kier alpha value is -1.51. The van der Waals surface area contributed by atoms with Crippen molar-refractivity contribution in [3.8, 4) is 0 Å². The van der Waals surface area contributed by atoms with Gasteiger partial charge in [-0.2, -0.15) is 0 Å². The Morgan fingerprint density at radius 2 is 1.81 bits per heavy atom. The third-order valence-corrected chi connectivity index (χ3v) is 6.16. The lowest BCUT2D eigenvalue weighted by Crippen LogP contribution is -2.44. The van der Waals surface area contributed by atoms with Crippen molar-refractivity contribution in [1.82, 2.24) is 29.5 Å². The first-order valence-corrected chi connectivity index (χ1v) is 10.4. The van der Waals surface area contributed by atoms with Crippen molar-refractivity contribution < 1.29 is 9.53 Å². The molecule has 1 amide bonds. The van der Waals surface area contributed by atoms with E-state index in [9.17, 15) is 4.79 Å². The van der Waals surface area contributed by atoms with Gasteiger partial charge in [0.2, 0.25) is 5.91 Å². The van der Waals surface area contributed by atoms with E-state index >= 15 is 0 Å². The van der Waals surface area contributed by atoms with E-state index in [0.717, 1.165) is 83.5 Å². The van der Waals surface area contributed by atoms with E-state index in [0.29, 0.717) is 6.54 Å². The van der Waals surface area contributed by atoms with Crippen molar-refractivity contribution >= 4 is 5.91 Å². The summed E-state index contributed by atoms with van der Waals surface area (Å²) in [5, 5.41) is 8.97. The lowest BCUT2D eigenvalue weighted by atomic mass is 9.97. The number of carbonyl (C=O) groups excluding carboxylic acids is 1. The molecule has 1 aromatic rings. The second-order valence-corrected chi connectivity index (χ2v) is 8.08. The Kier molecular flexibility index (Phi) is 6.04. The molecule has 0 bridgehead atoms. The second-order valence-electron chi connectivity index (χ2n) is 8.08. The summed E-state index contributed by atoms with van der Waals surface area (Å²) in [7, 11) is 2.07. The number of likely N-dealkylation sites (tertiary alicyclic amines) is 2. The van der Waals surface area contributed by atoms with Gasteiger partial charge in [-0.3, -0.25) is 14.6 Å². The summed E-state index contributed by atoms with van der Waals surface area (Å²) in [6.45, 7) is 8.66. The zero-order valence-electron chi connectivity index (χ0n) is 16.5. The minimum absolute atomic E-state index is 0.275. The molecule has 3 saturated heterocycles. The first kappa shape index (κ1) is 18.8. The number of aromatic nitrogens is 3. The third kappa shape index (κ3) is 4.50. The predicted octanol–water partition coefficient (Wildman–Crippen LogP) is 0.449. The van der Waals surface area contributed by atoms with Gasteiger partial charge in [0, 0.05) is 39.1 Å². The molecule has 1 aromatic heterocycles. The zero-order chi connectivity index (χ0) is 18.6. The molecule has 4 heterocycles. The molecule has 0 saturated carbocycles. The molecule has 0 spiro atoms. The van der Waals surface area contributed by atoms with E-state index in [1.54, 1.807) is 0 Å². The molecule has 27 heavy (non-hydrogen) atoms. The van der Waals surface area contributed by atoms with Crippen LogP contribution in [-0.4, -0.2) is 94.4 Å². The standard InChI is InChI=1S/C19H32N6O2/c1-22-17(14-24-9-11-27-12-10-24)20-21-19(22)16-5-4-8-25(13-16)18(26)15-23-6-2-3-7-23/h16H,2-15H2,1H3/t16-/m1/s1. The van der Waals surface area contributed by atoms with Crippen LogP contribution in [0.1, 0.15) is 43.3 Å². The number of piperidine rings is 1. The molecule has 0 N–H and O–H groups in total. The highest BCUT2D eigenvalue weighted by atomic mass is 16.5. The first-order valence-electron chi connectivity index (χ1n) is 10.4. The molecule has 0 aliphatic carbocycles. The van der Waals surface area contributed by atoms with E-state index in [1.807, 2.05) is 4.90 Å². The van der Waals surface area contributed by atoms with Crippen LogP contribution in [0.3, 0.4) is 0 Å². The van der Waals surface area contributed by atoms with Crippen LogP contribution in [0.4, 0.5) is 0 Å². The molecule has 0 aromatic carbocycles. The van der Waals surface area contributed by atoms with Gasteiger partial charge in [-0.1, -0.05) is 0 Å². The largest absolute Gasteiger partial charge is 0.379 e. The molecule has 3 fully saturated rings. The van der Waals surface area contributed by atoms with E-state index in [1.165, 1.54) is 12.8 Å². The Morgan fingerprint density at radius 1 is 1.04 bits per heavy atom. The fourth-order valence-corrected chi connectivity index (χ4v) is 4.47. The quantitative estimate of drug-likeness (QED) is 0.743. The molecular formula is C19H32N6O2. The van der Waals surface area contributed by atoms with Crippen molar-refractivity contribution in [3.63, 3.8) is 0 Å². The van der Waals surface area contributed by atoms with Crippen LogP contribution in [0.15, 0.2) is 0 Å². The number of amides is 1. The Balaban J connectivity index is 1.36. The summed E-state index contributed by atoms with van der Waals surface area (Å²) in [4.78, 5) is 19.4. The van der Waals surface area contributed by atoms with Crippen LogP contribution in [0.5, 0.6) is 0 Å². The first-order chi connectivity index (χ1) is 13.2. The van der Waals surface area contributed by atoms with Gasteiger partial charge < -0.3 is 14.2 Å². The topological polar surface area (TPSA) is 66.7 Å². The van der Waals surface area contributed by atoms with Crippen LogP contribution in [-0.2, 0) is 23.1 Å². The minimum Gasteiger partial charge on any atom is -0.379 e. The number of nitrogens with zero attached hydrogens (tertiary/aromatic N) is 6. The van der Waals surface area contributed by atoms with E-state index in [-0.39, 0.29) is 11.8 Å². The average molecular weight is 377 g/mol. The summed E-state index contributed by atoms with van der Waals surface area (Å²) in [6, 6.07) is 0. The van der Waals surface area contributed by atoms with Crippen LogP contribution in [0.25, 0.3) is 0 Å². The highest BCUT2D eigenvalue weighted by molar-refractivity contribution is 5.78. The van der Waals surface area contributed by atoms with Crippen molar-refractivity contribution in [1.29, 1.82) is 0 Å². The van der Waals surface area contributed by atoms with Crippen molar-refractivity contribution in [3.05, 3.63) is 11.6 Å². The number of carbonyl (C=O) groups is 1. The average Bonchev–Trinajstić information content (AvgIpc) is 3.33. The lowest BCUT2D eigenvalue weighted by molar-refractivity contribution is -0.133. The van der Waals surface area contributed by atoms with Gasteiger partial charge >= 0.3 is 0 Å². The summed E-state index contributed by atoms with van der Waals surface area (Å²) < 4.78 is 7.57. The van der Waals surface area contributed by atoms with Crippen LogP contribution >= 0.6 is 0 Å². The van der Waals surface area contributed by atoms with Gasteiger partial charge in [0.25, 0.3) is 0 Å². The molecule has 3 aliphatic heterocycles. The highest BCUT2D eigenvalue weighted by Crippen LogP contribution is 2.26.